The lowest BCUT2D eigenvalue weighted by Gasteiger charge is -2.71. The molecule has 5 fully saturated rings. The number of rotatable bonds is 4. The largest absolute Gasteiger partial charge is 0.369 e. The van der Waals surface area contributed by atoms with Crippen molar-refractivity contribution in [1.82, 2.24) is 15.0 Å². The highest BCUT2D eigenvalue weighted by Gasteiger charge is 2.65. The molecule has 1 N–H and O–H groups in total. The molecule has 2 aromatic rings. The van der Waals surface area contributed by atoms with Crippen molar-refractivity contribution in [2.24, 2.45) is 16.7 Å². The van der Waals surface area contributed by atoms with E-state index in [0.29, 0.717) is 5.41 Å². The van der Waals surface area contributed by atoms with Crippen molar-refractivity contribution in [2.45, 2.75) is 52.0 Å². The highest BCUT2D eigenvalue weighted by molar-refractivity contribution is 5.52. The van der Waals surface area contributed by atoms with E-state index >= 15 is 0 Å². The maximum atomic E-state index is 4.63. The lowest BCUT2D eigenvalue weighted by Crippen LogP contribution is -2.63. The van der Waals surface area contributed by atoms with Crippen molar-refractivity contribution in [3.05, 3.63) is 41.5 Å². The van der Waals surface area contributed by atoms with E-state index in [9.17, 15) is 0 Å². The quantitative estimate of drug-likeness (QED) is 0.899. The summed E-state index contributed by atoms with van der Waals surface area (Å²) in [5.74, 6) is 3.11. The summed E-state index contributed by atoms with van der Waals surface area (Å²) in [6.07, 6.45) is 12.0. The fraction of sp³-hybridized carbons (Fsp3) is 0.591. The molecule has 8 rings (SSSR count). The molecule has 3 heterocycles. The summed E-state index contributed by atoms with van der Waals surface area (Å²) in [6, 6.07) is 4.26. The van der Waals surface area contributed by atoms with Crippen LogP contribution in [0.2, 0.25) is 0 Å². The van der Waals surface area contributed by atoms with Gasteiger partial charge in [-0.25, -0.2) is 15.0 Å². The van der Waals surface area contributed by atoms with Crippen LogP contribution in [0.25, 0.3) is 0 Å². The Kier molecular flexibility index (Phi) is 3.19. The van der Waals surface area contributed by atoms with E-state index < -0.39 is 0 Å². The van der Waals surface area contributed by atoms with Gasteiger partial charge < -0.3 is 10.2 Å². The van der Waals surface area contributed by atoms with Gasteiger partial charge in [0.15, 0.2) is 0 Å². The second-order valence-electron chi connectivity index (χ2n) is 9.70. The zero-order valence-corrected chi connectivity index (χ0v) is 16.0. The maximum Gasteiger partial charge on any atom is 0.134 e. The molecule has 0 atom stereocenters. The lowest BCUT2D eigenvalue weighted by atomic mass is 9.34. The molecule has 0 amide bonds. The Morgan fingerprint density at radius 1 is 1.15 bits per heavy atom. The van der Waals surface area contributed by atoms with Gasteiger partial charge in [0, 0.05) is 37.8 Å². The Hall–Kier alpha value is -2.17. The first-order chi connectivity index (χ1) is 13.1. The Bertz CT molecular complexity index is 871. The van der Waals surface area contributed by atoms with Gasteiger partial charge in [-0.2, -0.15) is 0 Å². The van der Waals surface area contributed by atoms with Crippen LogP contribution in [0, 0.1) is 23.7 Å². The van der Waals surface area contributed by atoms with Crippen LogP contribution >= 0.6 is 0 Å². The third-order valence-corrected chi connectivity index (χ3v) is 7.52. The van der Waals surface area contributed by atoms with E-state index in [-0.39, 0.29) is 0 Å². The molecule has 140 valence electrons. The third kappa shape index (κ3) is 2.47. The Morgan fingerprint density at radius 3 is 2.78 bits per heavy atom. The number of pyridine rings is 1. The molecule has 5 heteroatoms. The van der Waals surface area contributed by atoms with Gasteiger partial charge in [-0.1, -0.05) is 6.07 Å². The molecule has 0 radical (unpaired) electrons. The number of fused-ring (bicyclic) bond motifs is 1. The molecule has 2 aromatic heterocycles. The van der Waals surface area contributed by atoms with Gasteiger partial charge in [-0.05, 0) is 67.4 Å². The van der Waals surface area contributed by atoms with Crippen LogP contribution in [-0.4, -0.2) is 28.0 Å². The smallest absolute Gasteiger partial charge is 0.134 e. The zero-order chi connectivity index (χ0) is 18.1. The summed E-state index contributed by atoms with van der Waals surface area (Å²) in [4.78, 5) is 16.2. The van der Waals surface area contributed by atoms with Crippen molar-refractivity contribution in [3.8, 4) is 0 Å². The Morgan fingerprint density at radius 2 is 2.04 bits per heavy atom. The molecular formula is C22H27N5. The lowest BCUT2D eigenvalue weighted by molar-refractivity contribution is -0.201. The average Bonchev–Trinajstić information content (AvgIpc) is 2.65. The summed E-state index contributed by atoms with van der Waals surface area (Å²) in [5.41, 5.74) is 4.96. The van der Waals surface area contributed by atoms with Gasteiger partial charge in [-0.3, -0.25) is 0 Å². The van der Waals surface area contributed by atoms with Crippen molar-refractivity contribution < 1.29 is 0 Å². The number of nitrogens with zero attached hydrogens (tertiary/aromatic N) is 4. The SMILES string of the molecule is Cc1ccc(N2CCc3ncnc(NCC45CC6CC(C6)(C4)C5)c3C2)nc1. The minimum absolute atomic E-state index is 0.547. The van der Waals surface area contributed by atoms with E-state index in [0.717, 1.165) is 49.0 Å². The van der Waals surface area contributed by atoms with E-state index in [4.69, 9.17) is 0 Å². The molecule has 0 aromatic carbocycles. The van der Waals surface area contributed by atoms with Crippen molar-refractivity contribution in [3.63, 3.8) is 0 Å². The molecule has 3 bridgehead atoms. The van der Waals surface area contributed by atoms with Crippen molar-refractivity contribution in [1.29, 1.82) is 0 Å². The van der Waals surface area contributed by atoms with Crippen LogP contribution in [0.15, 0.2) is 24.7 Å². The molecule has 1 aliphatic heterocycles. The number of hydrogen-bond donors (Lipinski definition) is 1. The predicted molar refractivity (Wildman–Crippen MR) is 106 cm³/mol. The molecule has 5 aliphatic carbocycles. The molecular weight excluding hydrogens is 334 g/mol. The highest BCUT2D eigenvalue weighted by atomic mass is 15.2. The minimum Gasteiger partial charge on any atom is -0.369 e. The fourth-order valence-corrected chi connectivity index (χ4v) is 6.70. The van der Waals surface area contributed by atoms with Crippen molar-refractivity contribution >= 4 is 11.6 Å². The van der Waals surface area contributed by atoms with Crippen LogP contribution in [0.5, 0.6) is 0 Å². The molecule has 5 nitrogen and oxygen atoms in total. The first-order valence-electron chi connectivity index (χ1n) is 10.4. The van der Waals surface area contributed by atoms with Crippen LogP contribution in [0.3, 0.4) is 0 Å². The zero-order valence-electron chi connectivity index (χ0n) is 16.0. The van der Waals surface area contributed by atoms with E-state index in [2.05, 4.69) is 44.2 Å². The van der Waals surface area contributed by atoms with Crippen LogP contribution in [0.1, 0.15) is 48.9 Å². The number of anilines is 2. The van der Waals surface area contributed by atoms with Gasteiger partial charge in [0.2, 0.25) is 0 Å². The van der Waals surface area contributed by atoms with Gasteiger partial charge in [-0.15, -0.1) is 0 Å². The maximum absolute atomic E-state index is 4.63. The first-order valence-corrected chi connectivity index (χ1v) is 10.4. The van der Waals surface area contributed by atoms with Crippen LogP contribution in [0.4, 0.5) is 11.6 Å². The average molecular weight is 361 g/mol. The monoisotopic (exact) mass is 361 g/mol. The summed E-state index contributed by atoms with van der Waals surface area (Å²) in [6.45, 7) is 4.97. The molecule has 5 saturated carbocycles. The summed E-state index contributed by atoms with van der Waals surface area (Å²) in [7, 11) is 0. The molecule has 1 spiro atoms. The van der Waals surface area contributed by atoms with Crippen LogP contribution in [-0.2, 0) is 13.0 Å². The van der Waals surface area contributed by atoms with E-state index in [1.165, 1.54) is 48.9 Å². The number of nitrogens with one attached hydrogen (secondary N) is 1. The van der Waals surface area contributed by atoms with Gasteiger partial charge in [0.1, 0.15) is 18.0 Å². The second kappa shape index (κ2) is 5.43. The third-order valence-electron chi connectivity index (χ3n) is 7.52. The van der Waals surface area contributed by atoms with Gasteiger partial charge in [0.25, 0.3) is 0 Å². The van der Waals surface area contributed by atoms with Crippen LogP contribution < -0.4 is 10.2 Å². The fourth-order valence-electron chi connectivity index (χ4n) is 6.70. The molecule has 0 unspecified atom stereocenters. The minimum atomic E-state index is 0.547. The first kappa shape index (κ1) is 15.8. The van der Waals surface area contributed by atoms with Gasteiger partial charge in [0.05, 0.1) is 5.69 Å². The standard InChI is InChI=1S/C22H27N5/c1-15-2-3-19(23-9-15)27-5-4-18-17(10-27)20(26-14-25-18)24-13-22-8-16-6-21(7-16,11-22)12-22/h2-3,9,14,16H,4-8,10-13H2,1H3,(H,24,25,26). The Balaban J connectivity index is 1.21. The molecule has 27 heavy (non-hydrogen) atoms. The van der Waals surface area contributed by atoms with E-state index in [1.807, 2.05) is 6.20 Å². The summed E-state index contributed by atoms with van der Waals surface area (Å²) in [5, 5.41) is 3.74. The normalized spacial score (nSPS) is 32.9. The number of aromatic nitrogens is 3. The highest BCUT2D eigenvalue weighted by Crippen LogP contribution is 2.75. The summed E-state index contributed by atoms with van der Waals surface area (Å²) < 4.78 is 0. The molecule has 6 aliphatic rings. The topological polar surface area (TPSA) is 53.9 Å². The molecule has 0 saturated heterocycles. The van der Waals surface area contributed by atoms with E-state index in [1.54, 1.807) is 6.33 Å². The Labute approximate surface area is 160 Å². The van der Waals surface area contributed by atoms with Crippen molar-refractivity contribution in [2.75, 3.05) is 23.3 Å². The summed E-state index contributed by atoms with van der Waals surface area (Å²) >= 11 is 0. The second-order valence-corrected chi connectivity index (χ2v) is 9.70. The predicted octanol–water partition coefficient (Wildman–Crippen LogP) is 3.73. The van der Waals surface area contributed by atoms with Gasteiger partial charge >= 0.3 is 0 Å². The number of aryl methyl sites for hydroxylation is 1. The number of hydrogen-bond acceptors (Lipinski definition) is 5.